The summed E-state index contributed by atoms with van der Waals surface area (Å²) in [5.41, 5.74) is 5.79. The molecule has 1 aliphatic carbocycles. The number of nitrogen functional groups attached to an aromatic ring is 1. The van der Waals surface area contributed by atoms with E-state index in [-0.39, 0.29) is 30.2 Å². The summed E-state index contributed by atoms with van der Waals surface area (Å²) < 4.78 is 1.29. The van der Waals surface area contributed by atoms with Gasteiger partial charge in [-0.1, -0.05) is 0 Å². The first-order valence-electron chi connectivity index (χ1n) is 6.48. The van der Waals surface area contributed by atoms with Crippen molar-refractivity contribution in [2.24, 2.45) is 0 Å². The first kappa shape index (κ1) is 13.6. The summed E-state index contributed by atoms with van der Waals surface area (Å²) in [4.78, 5) is 23.4. The monoisotopic (exact) mass is 265 g/mol. The van der Waals surface area contributed by atoms with Gasteiger partial charge in [0, 0.05) is 24.0 Å². The van der Waals surface area contributed by atoms with Crippen molar-refractivity contribution in [3.63, 3.8) is 0 Å². The van der Waals surface area contributed by atoms with Crippen molar-refractivity contribution in [2.45, 2.75) is 44.4 Å². The van der Waals surface area contributed by atoms with Crippen molar-refractivity contribution in [2.75, 3.05) is 5.73 Å². The number of nitrogens with zero attached hydrogens (tertiary/aromatic N) is 1. The first-order chi connectivity index (χ1) is 9.04. The van der Waals surface area contributed by atoms with Crippen LogP contribution in [0.1, 0.15) is 25.7 Å². The van der Waals surface area contributed by atoms with E-state index in [1.165, 1.54) is 22.9 Å². The second kappa shape index (κ2) is 5.88. The quantitative estimate of drug-likeness (QED) is 0.708. The van der Waals surface area contributed by atoms with Gasteiger partial charge in [-0.3, -0.25) is 9.59 Å². The van der Waals surface area contributed by atoms with Gasteiger partial charge < -0.3 is 20.7 Å². The van der Waals surface area contributed by atoms with E-state index >= 15 is 0 Å². The van der Waals surface area contributed by atoms with E-state index in [0.29, 0.717) is 18.5 Å². The van der Waals surface area contributed by atoms with E-state index in [0.717, 1.165) is 12.8 Å². The minimum Gasteiger partial charge on any atom is -0.398 e. The minimum absolute atomic E-state index is 0.0249. The Morgan fingerprint density at radius 3 is 2.74 bits per heavy atom. The van der Waals surface area contributed by atoms with Crippen LogP contribution in [0.3, 0.4) is 0 Å². The highest BCUT2D eigenvalue weighted by molar-refractivity contribution is 5.76. The SMILES string of the molecule is Nc1ccc(=O)n(CC(=O)NC2CCC(O)CC2)c1. The van der Waals surface area contributed by atoms with Crippen molar-refractivity contribution in [3.8, 4) is 0 Å². The molecule has 104 valence electrons. The molecule has 0 bridgehead atoms. The fraction of sp³-hybridized carbons (Fsp3) is 0.538. The topological polar surface area (TPSA) is 97.4 Å². The lowest BCUT2D eigenvalue weighted by molar-refractivity contribution is -0.122. The average Bonchev–Trinajstić information content (AvgIpc) is 2.37. The molecule has 0 atom stereocenters. The fourth-order valence-electron chi connectivity index (χ4n) is 2.32. The molecule has 1 aromatic rings. The molecule has 1 amide bonds. The fourth-order valence-corrected chi connectivity index (χ4v) is 2.32. The summed E-state index contributed by atoms with van der Waals surface area (Å²) in [5.74, 6) is -0.200. The van der Waals surface area contributed by atoms with Crippen LogP contribution in [0.5, 0.6) is 0 Å². The van der Waals surface area contributed by atoms with Gasteiger partial charge in [-0.25, -0.2) is 0 Å². The molecule has 0 spiro atoms. The zero-order valence-electron chi connectivity index (χ0n) is 10.7. The lowest BCUT2D eigenvalue weighted by atomic mass is 9.93. The van der Waals surface area contributed by atoms with Crippen LogP contribution in [-0.4, -0.2) is 27.7 Å². The maximum atomic E-state index is 11.9. The van der Waals surface area contributed by atoms with Gasteiger partial charge in [0.1, 0.15) is 6.54 Å². The maximum absolute atomic E-state index is 11.9. The number of rotatable bonds is 3. The third-order valence-electron chi connectivity index (χ3n) is 3.38. The third kappa shape index (κ3) is 3.82. The van der Waals surface area contributed by atoms with E-state index in [1.54, 1.807) is 0 Å². The Morgan fingerprint density at radius 2 is 2.05 bits per heavy atom. The number of pyridine rings is 1. The highest BCUT2D eigenvalue weighted by Gasteiger charge is 2.20. The van der Waals surface area contributed by atoms with Gasteiger partial charge in [0.05, 0.1) is 6.10 Å². The van der Waals surface area contributed by atoms with Crippen LogP contribution in [0.4, 0.5) is 5.69 Å². The van der Waals surface area contributed by atoms with E-state index in [2.05, 4.69) is 5.32 Å². The molecule has 1 aliphatic rings. The van der Waals surface area contributed by atoms with Crippen molar-refractivity contribution in [1.29, 1.82) is 0 Å². The van der Waals surface area contributed by atoms with Gasteiger partial charge in [-0.2, -0.15) is 0 Å². The molecule has 2 rings (SSSR count). The number of nitrogens with one attached hydrogen (secondary N) is 1. The molecular formula is C13H19N3O3. The number of hydrogen-bond acceptors (Lipinski definition) is 4. The van der Waals surface area contributed by atoms with Crippen LogP contribution in [0.2, 0.25) is 0 Å². The number of hydrogen-bond donors (Lipinski definition) is 3. The molecule has 0 saturated heterocycles. The second-order valence-electron chi connectivity index (χ2n) is 5.00. The molecular weight excluding hydrogens is 246 g/mol. The standard InChI is InChI=1S/C13H19N3O3/c14-9-1-6-13(19)16(7-9)8-12(18)15-10-2-4-11(17)5-3-10/h1,6-7,10-11,17H,2-5,8,14H2,(H,15,18). The lowest BCUT2D eigenvalue weighted by Crippen LogP contribution is -2.41. The molecule has 4 N–H and O–H groups in total. The van der Waals surface area contributed by atoms with Gasteiger partial charge in [0.2, 0.25) is 5.91 Å². The van der Waals surface area contributed by atoms with Crippen LogP contribution in [0.15, 0.2) is 23.1 Å². The average molecular weight is 265 g/mol. The Bertz CT molecular complexity index is 504. The maximum Gasteiger partial charge on any atom is 0.251 e. The minimum atomic E-state index is -0.247. The predicted molar refractivity (Wildman–Crippen MR) is 71.5 cm³/mol. The first-order valence-corrected chi connectivity index (χ1v) is 6.48. The van der Waals surface area contributed by atoms with Crippen LogP contribution >= 0.6 is 0 Å². The van der Waals surface area contributed by atoms with Crippen LogP contribution < -0.4 is 16.6 Å². The second-order valence-corrected chi connectivity index (χ2v) is 5.00. The van der Waals surface area contributed by atoms with E-state index in [9.17, 15) is 14.7 Å². The molecule has 0 aliphatic heterocycles. The molecule has 0 unspecified atom stereocenters. The number of amides is 1. The Hall–Kier alpha value is -1.82. The van der Waals surface area contributed by atoms with Gasteiger partial charge in [-0.15, -0.1) is 0 Å². The number of nitrogens with two attached hydrogens (primary N) is 1. The number of aliphatic hydroxyl groups excluding tert-OH is 1. The summed E-state index contributed by atoms with van der Waals surface area (Å²) in [6.45, 7) is -0.0249. The Morgan fingerprint density at radius 1 is 1.37 bits per heavy atom. The van der Waals surface area contributed by atoms with Gasteiger partial charge in [0.25, 0.3) is 5.56 Å². The van der Waals surface area contributed by atoms with E-state index in [4.69, 9.17) is 5.73 Å². The largest absolute Gasteiger partial charge is 0.398 e. The highest BCUT2D eigenvalue weighted by Crippen LogP contribution is 2.18. The predicted octanol–water partition coefficient (Wildman–Crippen LogP) is -0.150. The van der Waals surface area contributed by atoms with Gasteiger partial charge >= 0.3 is 0 Å². The number of anilines is 1. The molecule has 6 heteroatoms. The van der Waals surface area contributed by atoms with Crippen LogP contribution in [0, 0.1) is 0 Å². The van der Waals surface area contributed by atoms with Crippen LogP contribution in [-0.2, 0) is 11.3 Å². The molecule has 6 nitrogen and oxygen atoms in total. The molecule has 1 saturated carbocycles. The van der Waals surface area contributed by atoms with E-state index in [1.807, 2.05) is 0 Å². The van der Waals surface area contributed by atoms with Crippen molar-refractivity contribution in [1.82, 2.24) is 9.88 Å². The van der Waals surface area contributed by atoms with Crippen molar-refractivity contribution < 1.29 is 9.90 Å². The normalized spacial score (nSPS) is 23.0. The Balaban J connectivity index is 1.90. The summed E-state index contributed by atoms with van der Waals surface area (Å²) >= 11 is 0. The molecule has 1 heterocycles. The molecule has 1 aromatic heterocycles. The highest BCUT2D eigenvalue weighted by atomic mass is 16.3. The zero-order chi connectivity index (χ0) is 13.8. The third-order valence-corrected chi connectivity index (χ3v) is 3.38. The molecule has 1 fully saturated rings. The summed E-state index contributed by atoms with van der Waals surface area (Å²) in [5, 5.41) is 12.3. The van der Waals surface area contributed by atoms with Crippen molar-refractivity contribution in [3.05, 3.63) is 28.7 Å². The molecule has 0 aromatic carbocycles. The summed E-state index contributed by atoms with van der Waals surface area (Å²) in [7, 11) is 0. The summed E-state index contributed by atoms with van der Waals surface area (Å²) in [6, 6.07) is 2.95. The van der Waals surface area contributed by atoms with Crippen LogP contribution in [0.25, 0.3) is 0 Å². The number of aromatic nitrogens is 1. The zero-order valence-corrected chi connectivity index (χ0v) is 10.7. The Labute approximate surface area is 111 Å². The molecule has 19 heavy (non-hydrogen) atoms. The lowest BCUT2D eigenvalue weighted by Gasteiger charge is -2.26. The smallest absolute Gasteiger partial charge is 0.251 e. The Kier molecular flexibility index (Phi) is 4.21. The summed E-state index contributed by atoms with van der Waals surface area (Å²) in [6.07, 6.45) is 4.20. The molecule has 0 radical (unpaired) electrons. The number of carbonyl (C=O) groups is 1. The van der Waals surface area contributed by atoms with E-state index < -0.39 is 0 Å². The number of aliphatic hydroxyl groups is 1. The van der Waals surface area contributed by atoms with Gasteiger partial charge in [-0.05, 0) is 31.7 Å². The van der Waals surface area contributed by atoms with Gasteiger partial charge in [0.15, 0.2) is 0 Å². The van der Waals surface area contributed by atoms with Crippen molar-refractivity contribution >= 4 is 11.6 Å². The number of carbonyl (C=O) groups excluding carboxylic acids is 1.